The number of ether oxygens (including phenoxy) is 1. The molecule has 0 rings (SSSR count). The molecule has 88 valence electrons. The molecule has 0 saturated carbocycles. The maximum absolute atomic E-state index is 8.88. The Labute approximate surface area is 82.2 Å². The molecule has 0 aliphatic carbocycles. The molecule has 8 heteroatoms. The van der Waals surface area contributed by atoms with Gasteiger partial charge in [-0.15, -0.1) is 0 Å². The third kappa shape index (κ3) is 40.4. The van der Waals surface area contributed by atoms with Gasteiger partial charge in [0.1, 0.15) is 0 Å². The van der Waals surface area contributed by atoms with Gasteiger partial charge in [0.15, 0.2) is 0 Å². The fraction of sp³-hybridized carbons (Fsp3) is 1.00. The van der Waals surface area contributed by atoms with E-state index in [1.165, 1.54) is 0 Å². The average Bonchev–Trinajstić information content (AvgIpc) is 1.80. The van der Waals surface area contributed by atoms with Crippen LogP contribution in [0.5, 0.6) is 0 Å². The zero-order chi connectivity index (χ0) is 11.8. The lowest BCUT2D eigenvalue weighted by Crippen LogP contribution is -2.16. The van der Waals surface area contributed by atoms with Gasteiger partial charge in [-0.3, -0.25) is 0 Å². The Bertz CT molecular complexity index is 147. The topological polar surface area (TPSA) is 127 Å². The second-order valence-electron chi connectivity index (χ2n) is 2.75. The molecular formula is C6H17O7P. The minimum absolute atomic E-state index is 0.297. The van der Waals surface area contributed by atoms with Gasteiger partial charge in [0.25, 0.3) is 0 Å². The minimum atomic E-state index is -4.64. The van der Waals surface area contributed by atoms with E-state index in [1.807, 2.05) is 0 Å². The molecule has 0 aromatic rings. The Morgan fingerprint density at radius 2 is 1.29 bits per heavy atom. The van der Waals surface area contributed by atoms with Crippen LogP contribution < -0.4 is 0 Å². The van der Waals surface area contributed by atoms with Crippen molar-refractivity contribution < 1.29 is 34.2 Å². The molecule has 2 atom stereocenters. The van der Waals surface area contributed by atoms with Crippen LogP contribution in [0.1, 0.15) is 13.8 Å². The molecule has 14 heavy (non-hydrogen) atoms. The van der Waals surface area contributed by atoms with Crippen LogP contribution in [0.4, 0.5) is 0 Å². The molecule has 0 aromatic carbocycles. The average molecular weight is 232 g/mol. The largest absolute Gasteiger partial charge is 0.466 e. The molecule has 7 nitrogen and oxygen atoms in total. The van der Waals surface area contributed by atoms with Crippen molar-refractivity contribution in [3.63, 3.8) is 0 Å². The van der Waals surface area contributed by atoms with Gasteiger partial charge in [0.2, 0.25) is 0 Å². The van der Waals surface area contributed by atoms with Crippen LogP contribution in [0.15, 0.2) is 0 Å². The molecule has 0 heterocycles. The van der Waals surface area contributed by atoms with Gasteiger partial charge < -0.3 is 29.6 Å². The van der Waals surface area contributed by atoms with E-state index in [0.717, 1.165) is 0 Å². The van der Waals surface area contributed by atoms with Gasteiger partial charge >= 0.3 is 7.82 Å². The summed E-state index contributed by atoms with van der Waals surface area (Å²) in [4.78, 5) is 21.6. The van der Waals surface area contributed by atoms with Crippen molar-refractivity contribution in [1.82, 2.24) is 0 Å². The van der Waals surface area contributed by atoms with Gasteiger partial charge in [-0.25, -0.2) is 4.57 Å². The van der Waals surface area contributed by atoms with Crippen LogP contribution >= 0.6 is 7.82 Å². The smallest absolute Gasteiger partial charge is 0.391 e. The fourth-order valence-corrected chi connectivity index (χ4v) is 0.409. The molecule has 2 unspecified atom stereocenters. The first-order valence-corrected chi connectivity index (χ1v) is 5.41. The van der Waals surface area contributed by atoms with Crippen LogP contribution in [0.2, 0.25) is 0 Å². The van der Waals surface area contributed by atoms with E-state index in [1.54, 1.807) is 13.8 Å². The minimum Gasteiger partial charge on any atom is -0.391 e. The van der Waals surface area contributed by atoms with E-state index < -0.39 is 20.0 Å². The molecular weight excluding hydrogens is 215 g/mol. The first-order valence-electron chi connectivity index (χ1n) is 3.85. The van der Waals surface area contributed by atoms with Crippen molar-refractivity contribution in [2.45, 2.75) is 26.1 Å². The molecule has 0 spiro atoms. The van der Waals surface area contributed by atoms with Gasteiger partial charge in [0.05, 0.1) is 25.4 Å². The summed E-state index contributed by atoms with van der Waals surface area (Å²) in [7, 11) is -4.64. The summed E-state index contributed by atoms with van der Waals surface area (Å²) in [5.74, 6) is 0. The van der Waals surface area contributed by atoms with Crippen molar-refractivity contribution >= 4 is 7.82 Å². The van der Waals surface area contributed by atoms with Gasteiger partial charge in [0, 0.05) is 0 Å². The summed E-state index contributed by atoms with van der Waals surface area (Å²) in [6.45, 7) is 3.87. The molecule has 5 N–H and O–H groups in total. The Hall–Kier alpha value is -0.0100. The normalized spacial score (nSPS) is 15.4. The third-order valence-electron chi connectivity index (χ3n) is 0.718. The summed E-state index contributed by atoms with van der Waals surface area (Å²) in [5, 5.41) is 17.3. The van der Waals surface area contributed by atoms with Crippen molar-refractivity contribution in [3.05, 3.63) is 0 Å². The van der Waals surface area contributed by atoms with Crippen molar-refractivity contribution in [3.8, 4) is 0 Å². The summed E-state index contributed by atoms with van der Waals surface area (Å²) in [5.41, 5.74) is 0. The number of rotatable bonds is 4. The Kier molecular flexibility index (Phi) is 9.75. The van der Waals surface area contributed by atoms with Crippen LogP contribution in [-0.2, 0) is 9.30 Å². The number of aliphatic hydroxyl groups is 2. The predicted octanol–water partition coefficient (Wildman–Crippen LogP) is -1.16. The number of aliphatic hydroxyl groups excluding tert-OH is 2. The van der Waals surface area contributed by atoms with Crippen LogP contribution in [0.3, 0.4) is 0 Å². The first-order chi connectivity index (χ1) is 6.13. The zero-order valence-corrected chi connectivity index (χ0v) is 8.96. The SMILES string of the molecule is CC(O)COCC(C)O.O=P(O)(O)O. The summed E-state index contributed by atoms with van der Waals surface area (Å²) >= 11 is 0. The van der Waals surface area contributed by atoms with Gasteiger partial charge in [-0.05, 0) is 13.8 Å². The van der Waals surface area contributed by atoms with Gasteiger partial charge in [-0.1, -0.05) is 0 Å². The van der Waals surface area contributed by atoms with Crippen LogP contribution in [-0.4, -0.2) is 50.3 Å². The van der Waals surface area contributed by atoms with E-state index in [-0.39, 0.29) is 0 Å². The highest BCUT2D eigenvalue weighted by Crippen LogP contribution is 2.25. The van der Waals surface area contributed by atoms with Crippen molar-refractivity contribution in [2.75, 3.05) is 13.2 Å². The predicted molar refractivity (Wildman–Crippen MR) is 48.4 cm³/mol. The molecule has 0 aliphatic rings. The zero-order valence-electron chi connectivity index (χ0n) is 8.07. The highest BCUT2D eigenvalue weighted by molar-refractivity contribution is 7.45. The number of hydrogen-bond donors (Lipinski definition) is 5. The van der Waals surface area contributed by atoms with E-state index >= 15 is 0 Å². The van der Waals surface area contributed by atoms with Crippen molar-refractivity contribution in [1.29, 1.82) is 0 Å². The molecule has 0 saturated heterocycles. The summed E-state index contributed by atoms with van der Waals surface area (Å²) in [6, 6.07) is 0. The Morgan fingerprint density at radius 1 is 1.07 bits per heavy atom. The van der Waals surface area contributed by atoms with Gasteiger partial charge in [-0.2, -0.15) is 0 Å². The number of phosphoric acid groups is 1. The molecule has 0 bridgehead atoms. The lowest BCUT2D eigenvalue weighted by Gasteiger charge is -2.06. The summed E-state index contributed by atoms with van der Waals surface area (Å²) in [6.07, 6.45) is -0.882. The lowest BCUT2D eigenvalue weighted by molar-refractivity contribution is 0.00392. The molecule has 0 aromatic heterocycles. The van der Waals surface area contributed by atoms with E-state index in [0.29, 0.717) is 13.2 Å². The summed E-state index contributed by atoms with van der Waals surface area (Å²) < 4.78 is 13.7. The highest BCUT2D eigenvalue weighted by atomic mass is 31.2. The quantitative estimate of drug-likeness (QED) is 0.386. The van der Waals surface area contributed by atoms with Crippen LogP contribution in [0, 0.1) is 0 Å². The van der Waals surface area contributed by atoms with Crippen LogP contribution in [0.25, 0.3) is 0 Å². The third-order valence-corrected chi connectivity index (χ3v) is 0.718. The van der Waals surface area contributed by atoms with Crippen molar-refractivity contribution in [2.24, 2.45) is 0 Å². The highest BCUT2D eigenvalue weighted by Gasteiger charge is 2.00. The molecule has 0 fully saturated rings. The standard InChI is InChI=1S/C6H14O3.H3O4P/c1-5(7)3-9-4-6(2)8;1-5(2,3)4/h5-8H,3-4H2,1-2H3;(H3,1,2,3,4). The second-order valence-corrected chi connectivity index (χ2v) is 3.78. The molecule has 0 amide bonds. The maximum Gasteiger partial charge on any atom is 0.466 e. The molecule has 0 radical (unpaired) electrons. The van der Waals surface area contributed by atoms with E-state index in [9.17, 15) is 0 Å². The monoisotopic (exact) mass is 232 g/mol. The van der Waals surface area contributed by atoms with E-state index in [2.05, 4.69) is 0 Å². The Balaban J connectivity index is 0. The molecule has 0 aliphatic heterocycles. The lowest BCUT2D eigenvalue weighted by atomic mass is 10.4. The van der Waals surface area contributed by atoms with E-state index in [4.69, 9.17) is 34.2 Å². The Morgan fingerprint density at radius 3 is 1.43 bits per heavy atom. The number of hydrogen-bond acceptors (Lipinski definition) is 4. The maximum atomic E-state index is 8.88. The fourth-order valence-electron chi connectivity index (χ4n) is 0.409. The first kappa shape index (κ1) is 16.4. The second kappa shape index (κ2) is 8.31.